The second-order valence-electron chi connectivity index (χ2n) is 7.30. The maximum Gasteiger partial charge on any atom is 0.258 e. The Morgan fingerprint density at radius 2 is 2.00 bits per heavy atom. The number of H-pyrrole nitrogens is 1. The van der Waals surface area contributed by atoms with E-state index in [4.69, 9.17) is 0 Å². The van der Waals surface area contributed by atoms with Crippen LogP contribution >= 0.6 is 0 Å². The SMILES string of the molecule is O=C(NCc1nc2ccccc2c(=O)[nH]1)C1CNNC1C1CCCCC1. The van der Waals surface area contributed by atoms with Crippen LogP contribution in [-0.2, 0) is 11.3 Å². The van der Waals surface area contributed by atoms with E-state index in [-0.39, 0.29) is 30.0 Å². The van der Waals surface area contributed by atoms with Gasteiger partial charge in [-0.15, -0.1) is 0 Å². The topological polar surface area (TPSA) is 98.9 Å². The molecule has 2 heterocycles. The minimum absolute atomic E-state index is 0.00822. The number of aromatic amines is 1. The van der Waals surface area contributed by atoms with Crippen molar-refractivity contribution >= 4 is 16.8 Å². The number of para-hydroxylation sites is 1. The molecule has 1 saturated carbocycles. The average molecular weight is 355 g/mol. The number of aromatic nitrogens is 2. The highest BCUT2D eigenvalue weighted by Gasteiger charge is 2.38. The van der Waals surface area contributed by atoms with Gasteiger partial charge in [0.25, 0.3) is 5.56 Å². The summed E-state index contributed by atoms with van der Waals surface area (Å²) in [6.45, 7) is 0.863. The van der Waals surface area contributed by atoms with Crippen LogP contribution in [0.5, 0.6) is 0 Å². The van der Waals surface area contributed by atoms with Gasteiger partial charge in [0, 0.05) is 12.6 Å². The van der Waals surface area contributed by atoms with E-state index in [0.717, 1.165) is 0 Å². The normalized spacial score (nSPS) is 24.0. The van der Waals surface area contributed by atoms with Crippen molar-refractivity contribution in [3.05, 3.63) is 40.4 Å². The molecule has 2 fully saturated rings. The number of fused-ring (bicyclic) bond motifs is 1. The van der Waals surface area contributed by atoms with E-state index >= 15 is 0 Å². The van der Waals surface area contributed by atoms with Crippen molar-refractivity contribution in [1.82, 2.24) is 26.1 Å². The first-order valence-corrected chi connectivity index (χ1v) is 9.46. The average Bonchev–Trinajstić information content (AvgIpc) is 3.17. The van der Waals surface area contributed by atoms with Crippen LogP contribution < -0.4 is 21.7 Å². The molecular weight excluding hydrogens is 330 g/mol. The molecular formula is C19H25N5O2. The third-order valence-corrected chi connectivity index (χ3v) is 5.61. The fraction of sp³-hybridized carbons (Fsp3) is 0.526. The van der Waals surface area contributed by atoms with Crippen molar-refractivity contribution < 1.29 is 4.79 Å². The van der Waals surface area contributed by atoms with Gasteiger partial charge < -0.3 is 10.3 Å². The van der Waals surface area contributed by atoms with E-state index < -0.39 is 0 Å². The maximum absolute atomic E-state index is 12.7. The van der Waals surface area contributed by atoms with Crippen molar-refractivity contribution in [3.63, 3.8) is 0 Å². The smallest absolute Gasteiger partial charge is 0.258 e. The minimum atomic E-state index is -0.177. The van der Waals surface area contributed by atoms with Crippen LogP contribution in [0.25, 0.3) is 10.9 Å². The molecule has 0 bridgehead atoms. The van der Waals surface area contributed by atoms with Gasteiger partial charge in [-0.3, -0.25) is 20.4 Å². The van der Waals surface area contributed by atoms with Crippen LogP contribution in [0, 0.1) is 11.8 Å². The van der Waals surface area contributed by atoms with Crippen LogP contribution in [0.2, 0.25) is 0 Å². The number of carbonyl (C=O) groups is 1. The highest BCUT2D eigenvalue weighted by molar-refractivity contribution is 5.80. The lowest BCUT2D eigenvalue weighted by Crippen LogP contribution is -2.44. The van der Waals surface area contributed by atoms with E-state index in [0.29, 0.717) is 29.2 Å². The second-order valence-corrected chi connectivity index (χ2v) is 7.30. The third-order valence-electron chi connectivity index (χ3n) is 5.61. The van der Waals surface area contributed by atoms with Crippen molar-refractivity contribution in [2.45, 2.75) is 44.7 Å². The summed E-state index contributed by atoms with van der Waals surface area (Å²) in [6, 6.07) is 7.39. The summed E-state index contributed by atoms with van der Waals surface area (Å²) < 4.78 is 0. The Kier molecular flexibility index (Phi) is 4.99. The third kappa shape index (κ3) is 3.50. The standard InChI is InChI=1S/C19H25N5O2/c25-18(14-10-21-24-17(14)12-6-2-1-3-7-12)20-11-16-22-15-9-5-4-8-13(15)19(26)23-16/h4-5,8-9,12,14,17,21,24H,1-3,6-7,10-11H2,(H,20,25)(H,22,23,26). The molecule has 2 unspecified atom stereocenters. The zero-order chi connectivity index (χ0) is 17.9. The molecule has 4 rings (SSSR count). The van der Waals surface area contributed by atoms with Gasteiger partial charge in [-0.1, -0.05) is 31.4 Å². The molecule has 2 aliphatic rings. The van der Waals surface area contributed by atoms with Gasteiger partial charge in [0.1, 0.15) is 5.82 Å². The summed E-state index contributed by atoms with van der Waals surface area (Å²) in [4.78, 5) is 32.0. The van der Waals surface area contributed by atoms with Crippen molar-refractivity contribution in [3.8, 4) is 0 Å². The lowest BCUT2D eigenvalue weighted by Gasteiger charge is -2.30. The first-order chi connectivity index (χ1) is 12.7. The number of hydrogen-bond donors (Lipinski definition) is 4. The molecule has 1 aliphatic heterocycles. The van der Waals surface area contributed by atoms with E-state index in [1.165, 1.54) is 32.1 Å². The Bertz CT molecular complexity index is 843. The van der Waals surface area contributed by atoms with Crippen LogP contribution in [0.15, 0.2) is 29.1 Å². The first-order valence-electron chi connectivity index (χ1n) is 9.46. The molecule has 26 heavy (non-hydrogen) atoms. The Hall–Kier alpha value is -2.25. The van der Waals surface area contributed by atoms with Gasteiger partial charge in [0.05, 0.1) is 23.4 Å². The summed E-state index contributed by atoms with van der Waals surface area (Å²) >= 11 is 0. The van der Waals surface area contributed by atoms with E-state index in [2.05, 4.69) is 26.1 Å². The van der Waals surface area contributed by atoms with Crippen molar-refractivity contribution in [2.75, 3.05) is 6.54 Å². The lowest BCUT2D eigenvalue weighted by molar-refractivity contribution is -0.125. The summed E-state index contributed by atoms with van der Waals surface area (Å²) in [5, 5.41) is 3.51. The highest BCUT2D eigenvalue weighted by Crippen LogP contribution is 2.30. The predicted octanol–water partition coefficient (Wildman–Crippen LogP) is 1.21. The zero-order valence-corrected chi connectivity index (χ0v) is 14.8. The van der Waals surface area contributed by atoms with E-state index in [9.17, 15) is 9.59 Å². The molecule has 2 atom stereocenters. The Labute approximate surface area is 151 Å². The van der Waals surface area contributed by atoms with E-state index in [1.54, 1.807) is 12.1 Å². The van der Waals surface area contributed by atoms with Crippen LogP contribution in [0.4, 0.5) is 0 Å². The Morgan fingerprint density at radius 3 is 2.85 bits per heavy atom. The first kappa shape index (κ1) is 17.2. The molecule has 1 aromatic heterocycles. The molecule has 1 amide bonds. The number of rotatable bonds is 4. The lowest BCUT2D eigenvalue weighted by atomic mass is 9.79. The molecule has 0 radical (unpaired) electrons. The predicted molar refractivity (Wildman–Crippen MR) is 99.2 cm³/mol. The molecule has 7 nitrogen and oxygen atoms in total. The molecule has 1 aliphatic carbocycles. The van der Waals surface area contributed by atoms with Gasteiger partial charge in [0.15, 0.2) is 0 Å². The van der Waals surface area contributed by atoms with Crippen LogP contribution in [0.1, 0.15) is 37.9 Å². The number of benzene rings is 1. The summed E-state index contributed by atoms with van der Waals surface area (Å²) in [5.74, 6) is 0.947. The summed E-state index contributed by atoms with van der Waals surface area (Å²) in [5.41, 5.74) is 6.92. The monoisotopic (exact) mass is 355 g/mol. The number of nitrogens with zero attached hydrogens (tertiary/aromatic N) is 1. The van der Waals surface area contributed by atoms with E-state index in [1.807, 2.05) is 12.1 Å². The van der Waals surface area contributed by atoms with Gasteiger partial charge in [-0.25, -0.2) is 4.98 Å². The Balaban J connectivity index is 1.42. The molecule has 1 aromatic carbocycles. The molecule has 0 spiro atoms. The van der Waals surface area contributed by atoms with Gasteiger partial charge in [0.2, 0.25) is 5.91 Å². The largest absolute Gasteiger partial charge is 0.349 e. The number of hydrazine groups is 1. The quantitative estimate of drug-likeness (QED) is 0.661. The van der Waals surface area contributed by atoms with Crippen molar-refractivity contribution in [1.29, 1.82) is 0 Å². The fourth-order valence-corrected chi connectivity index (χ4v) is 4.23. The second kappa shape index (κ2) is 7.55. The minimum Gasteiger partial charge on any atom is -0.349 e. The molecule has 1 saturated heterocycles. The van der Waals surface area contributed by atoms with Crippen LogP contribution in [0.3, 0.4) is 0 Å². The molecule has 138 valence electrons. The molecule has 4 N–H and O–H groups in total. The zero-order valence-electron chi connectivity index (χ0n) is 14.8. The van der Waals surface area contributed by atoms with Gasteiger partial charge in [-0.2, -0.15) is 0 Å². The highest BCUT2D eigenvalue weighted by atomic mass is 16.2. The maximum atomic E-state index is 12.7. The summed E-state index contributed by atoms with van der Waals surface area (Å²) in [6.07, 6.45) is 6.17. The van der Waals surface area contributed by atoms with Gasteiger partial charge >= 0.3 is 0 Å². The summed E-state index contributed by atoms with van der Waals surface area (Å²) in [7, 11) is 0. The number of nitrogens with one attached hydrogen (secondary N) is 4. The van der Waals surface area contributed by atoms with Crippen LogP contribution in [-0.4, -0.2) is 28.5 Å². The molecule has 7 heteroatoms. The fourth-order valence-electron chi connectivity index (χ4n) is 4.23. The number of amides is 1. The molecule has 2 aromatic rings. The number of carbonyl (C=O) groups excluding carboxylic acids is 1. The number of hydrogen-bond acceptors (Lipinski definition) is 5. The van der Waals surface area contributed by atoms with Gasteiger partial charge in [-0.05, 0) is 30.9 Å². The van der Waals surface area contributed by atoms with Crippen molar-refractivity contribution in [2.24, 2.45) is 11.8 Å². The Morgan fingerprint density at radius 1 is 1.19 bits per heavy atom.